The summed E-state index contributed by atoms with van der Waals surface area (Å²) in [6, 6.07) is 4.19. The average molecular weight is 601 g/mol. The maximum atomic E-state index is 13.8. The molecule has 1 N–H and O–H groups in total. The van der Waals surface area contributed by atoms with E-state index in [0.717, 1.165) is 24.2 Å². The molecule has 0 aliphatic carbocycles. The van der Waals surface area contributed by atoms with E-state index in [9.17, 15) is 24.0 Å². The van der Waals surface area contributed by atoms with Gasteiger partial charge in [-0.05, 0) is 70.9 Å². The summed E-state index contributed by atoms with van der Waals surface area (Å²) >= 11 is 0. The van der Waals surface area contributed by atoms with Gasteiger partial charge in [0.25, 0.3) is 11.8 Å². The number of hydrogen-bond donors (Lipinski definition) is 1. The average Bonchev–Trinajstić information content (AvgIpc) is 3.22. The molecule has 0 saturated carbocycles. The number of likely N-dealkylation sites (tertiary alicyclic amines) is 1. The van der Waals surface area contributed by atoms with Gasteiger partial charge in [-0.2, -0.15) is 0 Å². The number of imide groups is 2. The van der Waals surface area contributed by atoms with Crippen LogP contribution in [0.25, 0.3) is 0 Å². The van der Waals surface area contributed by atoms with Crippen molar-refractivity contribution in [1.29, 1.82) is 0 Å². The van der Waals surface area contributed by atoms with Gasteiger partial charge in [-0.25, -0.2) is 4.79 Å². The van der Waals surface area contributed by atoms with Gasteiger partial charge in [-0.15, -0.1) is 0 Å². The highest BCUT2D eigenvalue weighted by Gasteiger charge is 2.46. The molecule has 1 unspecified atom stereocenters. The van der Waals surface area contributed by atoms with Gasteiger partial charge >= 0.3 is 6.09 Å². The predicted molar refractivity (Wildman–Crippen MR) is 158 cm³/mol. The lowest BCUT2D eigenvalue weighted by molar-refractivity contribution is -0.136. The number of methoxy groups -OCH3 is 2. The molecule has 1 atom stereocenters. The summed E-state index contributed by atoms with van der Waals surface area (Å²) in [5.74, 6) is -1.71. The Balaban J connectivity index is 1.49. The van der Waals surface area contributed by atoms with E-state index in [2.05, 4.69) is 10.2 Å². The maximum Gasteiger partial charge on any atom is 0.410 e. The molecular weight excluding hydrogens is 556 g/mol. The minimum absolute atomic E-state index is 0.0652. The van der Waals surface area contributed by atoms with Crippen LogP contribution >= 0.6 is 0 Å². The normalized spacial score (nSPS) is 19.6. The monoisotopic (exact) mass is 600 g/mol. The Morgan fingerprint density at radius 3 is 2.35 bits per heavy atom. The Bertz CT molecular complexity index is 1220. The largest absolute Gasteiger partial charge is 0.444 e. The van der Waals surface area contributed by atoms with Gasteiger partial charge in [0, 0.05) is 53.2 Å². The van der Waals surface area contributed by atoms with Crippen molar-refractivity contribution in [1.82, 2.24) is 15.1 Å². The van der Waals surface area contributed by atoms with Crippen LogP contribution in [0, 0.1) is 5.92 Å². The fourth-order valence-corrected chi connectivity index (χ4v) is 5.96. The summed E-state index contributed by atoms with van der Waals surface area (Å²) in [7, 11) is 3.18. The molecule has 2 fully saturated rings. The van der Waals surface area contributed by atoms with Crippen LogP contribution < -0.4 is 10.2 Å². The minimum Gasteiger partial charge on any atom is -0.444 e. The standard InChI is InChI=1S/C31H44N4O8/c1-31(2,3)43-30(40)34-18-14-20(15-19-34)13-17-33(16-7-10-25(41-4)42-5)22-9-6-8-21-26(22)29(39)35(28(21)38)23-11-12-24(36)32-27(23)37/h6,8-9,20,23,25H,7,10-19H2,1-5H3,(H,32,36,37). The number of rotatable bonds is 11. The third-order valence-corrected chi connectivity index (χ3v) is 8.25. The predicted octanol–water partition coefficient (Wildman–Crippen LogP) is 3.33. The van der Waals surface area contributed by atoms with E-state index in [-0.39, 0.29) is 36.4 Å². The first-order chi connectivity index (χ1) is 20.4. The number of nitrogens with one attached hydrogen (secondary N) is 1. The second kappa shape index (κ2) is 13.9. The fourth-order valence-electron chi connectivity index (χ4n) is 5.96. The summed E-state index contributed by atoms with van der Waals surface area (Å²) in [4.78, 5) is 68.8. The van der Waals surface area contributed by atoms with Crippen molar-refractivity contribution in [2.45, 2.75) is 83.6 Å². The molecule has 0 aromatic heterocycles. The summed E-state index contributed by atoms with van der Waals surface area (Å²) in [5, 5.41) is 2.25. The summed E-state index contributed by atoms with van der Waals surface area (Å²) < 4.78 is 16.2. The minimum atomic E-state index is -1.02. The molecule has 3 heterocycles. The third-order valence-electron chi connectivity index (χ3n) is 8.25. The van der Waals surface area contributed by atoms with Crippen LogP contribution in [0.4, 0.5) is 10.5 Å². The smallest absolute Gasteiger partial charge is 0.410 e. The number of nitrogens with zero attached hydrogens (tertiary/aromatic N) is 3. The number of amides is 5. The van der Waals surface area contributed by atoms with Gasteiger partial charge in [0.15, 0.2) is 6.29 Å². The van der Waals surface area contributed by atoms with Gasteiger partial charge in [0.1, 0.15) is 11.6 Å². The van der Waals surface area contributed by atoms with Crippen molar-refractivity contribution in [3.63, 3.8) is 0 Å². The molecule has 0 bridgehead atoms. The van der Waals surface area contributed by atoms with Gasteiger partial charge in [0.2, 0.25) is 11.8 Å². The van der Waals surface area contributed by atoms with Crippen molar-refractivity contribution >= 4 is 35.4 Å². The zero-order valence-corrected chi connectivity index (χ0v) is 25.8. The SMILES string of the molecule is COC(CCCN(CCC1CCN(C(=O)OC(C)(C)C)CC1)c1cccc2c1C(=O)N(C1CCC(=O)NC1=O)C2=O)OC. The van der Waals surface area contributed by atoms with Gasteiger partial charge < -0.3 is 24.0 Å². The zero-order chi connectivity index (χ0) is 31.3. The third kappa shape index (κ3) is 7.72. The van der Waals surface area contributed by atoms with E-state index in [4.69, 9.17) is 14.2 Å². The molecule has 4 rings (SSSR count). The highest BCUT2D eigenvalue weighted by molar-refractivity contribution is 6.25. The van der Waals surface area contributed by atoms with Crippen LogP contribution in [-0.2, 0) is 23.8 Å². The molecule has 0 spiro atoms. The van der Waals surface area contributed by atoms with Crippen molar-refractivity contribution in [2.24, 2.45) is 5.92 Å². The second-order valence-corrected chi connectivity index (χ2v) is 12.4. The molecule has 3 aliphatic rings. The summed E-state index contributed by atoms with van der Waals surface area (Å²) in [5.41, 5.74) is 0.645. The quantitative estimate of drug-likeness (QED) is 0.300. The Hall–Kier alpha value is -3.51. The first kappa shape index (κ1) is 32.4. The Morgan fingerprint density at radius 2 is 1.72 bits per heavy atom. The topological polar surface area (TPSA) is 135 Å². The number of benzene rings is 1. The second-order valence-electron chi connectivity index (χ2n) is 12.4. The molecule has 12 nitrogen and oxygen atoms in total. The van der Waals surface area contributed by atoms with E-state index in [0.29, 0.717) is 50.6 Å². The molecule has 43 heavy (non-hydrogen) atoms. The van der Waals surface area contributed by atoms with Crippen LogP contribution in [0.15, 0.2) is 18.2 Å². The van der Waals surface area contributed by atoms with Gasteiger partial charge in [-0.3, -0.25) is 29.4 Å². The highest BCUT2D eigenvalue weighted by Crippen LogP contribution is 2.35. The molecule has 1 aromatic rings. The number of ether oxygens (including phenoxy) is 3. The van der Waals surface area contributed by atoms with Crippen molar-refractivity contribution < 1.29 is 38.2 Å². The molecule has 2 saturated heterocycles. The van der Waals surface area contributed by atoms with E-state index in [1.165, 1.54) is 0 Å². The molecular formula is C31H44N4O8. The highest BCUT2D eigenvalue weighted by atomic mass is 16.7. The first-order valence-electron chi connectivity index (χ1n) is 15.1. The van der Waals surface area contributed by atoms with Crippen LogP contribution in [0.5, 0.6) is 0 Å². The number of hydrogen-bond acceptors (Lipinski definition) is 9. The maximum absolute atomic E-state index is 13.8. The lowest BCUT2D eigenvalue weighted by atomic mass is 9.93. The number of carbonyl (C=O) groups is 5. The molecule has 1 aromatic carbocycles. The van der Waals surface area contributed by atoms with Crippen molar-refractivity contribution in [3.05, 3.63) is 29.3 Å². The number of fused-ring (bicyclic) bond motifs is 1. The molecule has 3 aliphatic heterocycles. The van der Waals surface area contributed by atoms with Crippen molar-refractivity contribution in [2.75, 3.05) is 45.3 Å². The van der Waals surface area contributed by atoms with Crippen LogP contribution in [0.2, 0.25) is 0 Å². The lowest BCUT2D eigenvalue weighted by Gasteiger charge is -2.35. The lowest BCUT2D eigenvalue weighted by Crippen LogP contribution is -2.54. The van der Waals surface area contributed by atoms with E-state index < -0.39 is 35.3 Å². The fraction of sp³-hybridized carbons (Fsp3) is 0.645. The van der Waals surface area contributed by atoms with Crippen LogP contribution in [0.1, 0.15) is 86.4 Å². The van der Waals surface area contributed by atoms with Gasteiger partial charge in [-0.1, -0.05) is 6.07 Å². The van der Waals surface area contributed by atoms with Gasteiger partial charge in [0.05, 0.1) is 16.8 Å². The first-order valence-corrected chi connectivity index (χ1v) is 15.1. The molecule has 5 amide bonds. The summed E-state index contributed by atoms with van der Waals surface area (Å²) in [6.45, 7) is 8.05. The summed E-state index contributed by atoms with van der Waals surface area (Å²) in [6.07, 6.45) is 3.40. The van der Waals surface area contributed by atoms with Crippen LogP contribution in [-0.4, -0.2) is 97.9 Å². The Kier molecular flexibility index (Phi) is 10.4. The number of piperidine rings is 2. The molecule has 12 heteroatoms. The van der Waals surface area contributed by atoms with E-state index in [1.807, 2.05) is 26.8 Å². The van der Waals surface area contributed by atoms with Crippen LogP contribution in [0.3, 0.4) is 0 Å². The molecule has 236 valence electrons. The Labute approximate surface area is 253 Å². The number of carbonyl (C=O) groups excluding carboxylic acids is 5. The van der Waals surface area contributed by atoms with E-state index >= 15 is 0 Å². The Morgan fingerprint density at radius 1 is 1.02 bits per heavy atom. The number of anilines is 1. The van der Waals surface area contributed by atoms with Crippen molar-refractivity contribution in [3.8, 4) is 0 Å². The molecule has 0 radical (unpaired) electrons. The van der Waals surface area contributed by atoms with E-state index in [1.54, 1.807) is 31.3 Å². The zero-order valence-electron chi connectivity index (χ0n) is 25.8.